The number of rotatable bonds is 4. The normalized spacial score (nSPS) is 11.1. The largest absolute Gasteiger partial charge is 0.451 e. The Hall–Kier alpha value is -3.68. The molecule has 9 heteroatoms. The number of fused-ring (bicyclic) bond motifs is 1. The Labute approximate surface area is 191 Å². The third-order valence-corrected chi connectivity index (χ3v) is 5.56. The van der Waals surface area contributed by atoms with Crippen LogP contribution in [-0.2, 0) is 0 Å². The average molecular weight is 467 g/mol. The molecule has 3 aromatic carbocycles. The van der Waals surface area contributed by atoms with E-state index in [0.29, 0.717) is 43.8 Å². The van der Waals surface area contributed by atoms with Crippen molar-refractivity contribution in [2.75, 3.05) is 5.32 Å². The van der Waals surface area contributed by atoms with E-state index in [0.717, 1.165) is 0 Å². The molecule has 0 aliphatic rings. The van der Waals surface area contributed by atoms with Gasteiger partial charge in [0.05, 0.1) is 15.7 Å². The van der Waals surface area contributed by atoms with E-state index >= 15 is 0 Å². The molecule has 0 saturated heterocycles. The molecule has 0 unspecified atom stereocenters. The van der Waals surface area contributed by atoms with E-state index in [1.165, 1.54) is 16.9 Å². The summed E-state index contributed by atoms with van der Waals surface area (Å²) in [5.74, 6) is -0.222. The molecular formula is C23H13Cl2FN4O2. The fourth-order valence-corrected chi connectivity index (χ4v) is 3.57. The van der Waals surface area contributed by atoms with Gasteiger partial charge in [-0.05, 0) is 66.7 Å². The standard InChI is InChI=1S/C23H13Cl2FN4O2/c24-17-3-1-2-16(22(17)25)20-10-11-21(32-20)23(31)27-14-6-9-18-19(12-14)29-30(28-18)15-7-4-13(26)5-8-15/h1-12H,(H,27,31). The lowest BCUT2D eigenvalue weighted by Gasteiger charge is -2.04. The maximum Gasteiger partial charge on any atom is 0.291 e. The van der Waals surface area contributed by atoms with Gasteiger partial charge in [0, 0.05) is 11.3 Å². The Kier molecular flexibility index (Phi) is 5.13. The van der Waals surface area contributed by atoms with Crippen LogP contribution < -0.4 is 5.32 Å². The van der Waals surface area contributed by atoms with Gasteiger partial charge in [0.15, 0.2) is 5.76 Å². The van der Waals surface area contributed by atoms with E-state index in [1.54, 1.807) is 60.7 Å². The van der Waals surface area contributed by atoms with Gasteiger partial charge >= 0.3 is 0 Å². The highest BCUT2D eigenvalue weighted by Crippen LogP contribution is 2.34. The van der Waals surface area contributed by atoms with E-state index in [4.69, 9.17) is 27.6 Å². The van der Waals surface area contributed by atoms with Crippen LogP contribution in [0.1, 0.15) is 10.6 Å². The van der Waals surface area contributed by atoms with E-state index in [9.17, 15) is 9.18 Å². The highest BCUT2D eigenvalue weighted by molar-refractivity contribution is 6.43. The number of benzene rings is 3. The number of amides is 1. The molecule has 0 aliphatic heterocycles. The molecule has 1 amide bonds. The van der Waals surface area contributed by atoms with Crippen molar-refractivity contribution in [2.24, 2.45) is 0 Å². The van der Waals surface area contributed by atoms with Gasteiger partial charge in [-0.3, -0.25) is 4.79 Å². The fourth-order valence-electron chi connectivity index (χ4n) is 3.17. The van der Waals surface area contributed by atoms with Crippen LogP contribution >= 0.6 is 23.2 Å². The Bertz CT molecular complexity index is 1460. The maximum absolute atomic E-state index is 13.1. The minimum atomic E-state index is -0.431. The third-order valence-electron chi connectivity index (χ3n) is 4.74. The molecule has 0 fully saturated rings. The van der Waals surface area contributed by atoms with Crippen LogP contribution in [0.15, 0.2) is 77.2 Å². The molecule has 0 atom stereocenters. The zero-order chi connectivity index (χ0) is 22.2. The van der Waals surface area contributed by atoms with E-state index in [-0.39, 0.29) is 11.6 Å². The van der Waals surface area contributed by atoms with Crippen LogP contribution in [0.3, 0.4) is 0 Å². The lowest BCUT2D eigenvalue weighted by molar-refractivity contribution is 0.0997. The Morgan fingerprint density at radius 3 is 2.53 bits per heavy atom. The molecule has 0 aliphatic carbocycles. The Morgan fingerprint density at radius 1 is 0.938 bits per heavy atom. The Morgan fingerprint density at radius 2 is 1.72 bits per heavy atom. The molecule has 0 spiro atoms. The highest BCUT2D eigenvalue weighted by Gasteiger charge is 2.16. The zero-order valence-corrected chi connectivity index (χ0v) is 17.7. The number of anilines is 1. The van der Waals surface area contributed by atoms with Crippen molar-refractivity contribution in [1.82, 2.24) is 15.0 Å². The average Bonchev–Trinajstić information content (AvgIpc) is 3.43. The first kappa shape index (κ1) is 20.2. The molecule has 2 aromatic heterocycles. The van der Waals surface area contributed by atoms with E-state index < -0.39 is 5.91 Å². The number of aromatic nitrogens is 3. The number of halogens is 3. The molecule has 158 valence electrons. The van der Waals surface area contributed by atoms with Crippen LogP contribution in [0, 0.1) is 5.82 Å². The fraction of sp³-hybridized carbons (Fsp3) is 0. The van der Waals surface area contributed by atoms with E-state index in [2.05, 4.69) is 15.5 Å². The van der Waals surface area contributed by atoms with Crippen molar-refractivity contribution < 1.29 is 13.6 Å². The molecule has 6 nitrogen and oxygen atoms in total. The van der Waals surface area contributed by atoms with Crippen molar-refractivity contribution in [3.05, 3.63) is 94.4 Å². The number of carbonyl (C=O) groups is 1. The first-order valence-electron chi connectivity index (χ1n) is 9.46. The van der Waals surface area contributed by atoms with Gasteiger partial charge in [-0.2, -0.15) is 4.80 Å². The van der Waals surface area contributed by atoms with Crippen LogP contribution in [0.25, 0.3) is 28.0 Å². The summed E-state index contributed by atoms with van der Waals surface area (Å²) in [6.07, 6.45) is 0. The molecule has 5 rings (SSSR count). The first-order valence-corrected chi connectivity index (χ1v) is 10.2. The second-order valence-corrected chi connectivity index (χ2v) is 7.67. The van der Waals surface area contributed by atoms with Crippen molar-refractivity contribution in [3.8, 4) is 17.0 Å². The van der Waals surface area contributed by atoms with Gasteiger partial charge in [0.25, 0.3) is 5.91 Å². The molecular weight excluding hydrogens is 454 g/mol. The van der Waals surface area contributed by atoms with Gasteiger partial charge in [0.1, 0.15) is 22.6 Å². The lowest BCUT2D eigenvalue weighted by atomic mass is 10.2. The summed E-state index contributed by atoms with van der Waals surface area (Å²) in [6.45, 7) is 0. The van der Waals surface area contributed by atoms with Crippen LogP contribution in [0.2, 0.25) is 10.0 Å². The predicted octanol–water partition coefficient (Wildman–Crippen LogP) is 6.38. The molecule has 2 heterocycles. The summed E-state index contributed by atoms with van der Waals surface area (Å²) in [7, 11) is 0. The van der Waals surface area contributed by atoms with Gasteiger partial charge in [0.2, 0.25) is 0 Å². The number of furan rings is 1. The number of carbonyl (C=O) groups excluding carboxylic acids is 1. The number of hydrogen-bond acceptors (Lipinski definition) is 4. The topological polar surface area (TPSA) is 73.0 Å². The molecule has 0 radical (unpaired) electrons. The number of nitrogens with one attached hydrogen (secondary N) is 1. The SMILES string of the molecule is O=C(Nc1ccc2nn(-c3ccc(F)cc3)nc2c1)c1ccc(-c2cccc(Cl)c2Cl)o1. The van der Waals surface area contributed by atoms with Gasteiger partial charge in [-0.1, -0.05) is 29.3 Å². The minimum absolute atomic E-state index is 0.117. The van der Waals surface area contributed by atoms with Gasteiger partial charge in [-0.25, -0.2) is 4.39 Å². The van der Waals surface area contributed by atoms with Gasteiger partial charge < -0.3 is 9.73 Å². The highest BCUT2D eigenvalue weighted by atomic mass is 35.5. The molecule has 1 N–H and O–H groups in total. The van der Waals surface area contributed by atoms with Crippen LogP contribution in [-0.4, -0.2) is 20.9 Å². The summed E-state index contributed by atoms with van der Waals surface area (Å²) < 4.78 is 18.8. The summed E-state index contributed by atoms with van der Waals surface area (Å²) in [4.78, 5) is 14.1. The maximum atomic E-state index is 13.1. The summed E-state index contributed by atoms with van der Waals surface area (Å²) >= 11 is 12.3. The minimum Gasteiger partial charge on any atom is -0.451 e. The Balaban J connectivity index is 1.37. The smallest absolute Gasteiger partial charge is 0.291 e. The monoisotopic (exact) mass is 466 g/mol. The summed E-state index contributed by atoms with van der Waals surface area (Å²) in [6, 6.07) is 19.4. The lowest BCUT2D eigenvalue weighted by Crippen LogP contribution is -2.10. The van der Waals surface area contributed by atoms with Crippen molar-refractivity contribution in [2.45, 2.75) is 0 Å². The van der Waals surface area contributed by atoms with Crippen LogP contribution in [0.4, 0.5) is 10.1 Å². The predicted molar refractivity (Wildman–Crippen MR) is 121 cm³/mol. The molecule has 0 bridgehead atoms. The van der Waals surface area contributed by atoms with E-state index in [1.807, 2.05) is 0 Å². The van der Waals surface area contributed by atoms with Crippen molar-refractivity contribution in [1.29, 1.82) is 0 Å². The first-order chi connectivity index (χ1) is 15.5. The zero-order valence-electron chi connectivity index (χ0n) is 16.2. The second-order valence-electron chi connectivity index (χ2n) is 6.89. The quantitative estimate of drug-likeness (QED) is 0.333. The van der Waals surface area contributed by atoms with Crippen molar-refractivity contribution >= 4 is 45.8 Å². The summed E-state index contributed by atoms with van der Waals surface area (Å²) in [5.41, 5.74) is 2.93. The van der Waals surface area contributed by atoms with Crippen LogP contribution in [0.5, 0.6) is 0 Å². The molecule has 0 saturated carbocycles. The number of hydrogen-bond donors (Lipinski definition) is 1. The third kappa shape index (κ3) is 3.84. The molecule has 5 aromatic rings. The molecule has 32 heavy (non-hydrogen) atoms. The number of nitrogens with zero attached hydrogens (tertiary/aromatic N) is 3. The van der Waals surface area contributed by atoms with Gasteiger partial charge in [-0.15, -0.1) is 10.2 Å². The second kappa shape index (κ2) is 8.11. The summed E-state index contributed by atoms with van der Waals surface area (Å²) in [5, 5.41) is 12.3. The van der Waals surface area contributed by atoms with Crippen molar-refractivity contribution in [3.63, 3.8) is 0 Å².